The zero-order valence-corrected chi connectivity index (χ0v) is 11.4. The van der Waals surface area contributed by atoms with Crippen LogP contribution in [-0.2, 0) is 5.41 Å². The van der Waals surface area contributed by atoms with Crippen molar-refractivity contribution in [3.63, 3.8) is 0 Å². The Hall–Kier alpha value is -0.960. The molecular formula is C13H18N2S. The molecule has 0 saturated heterocycles. The molecule has 0 aliphatic heterocycles. The molecule has 0 spiro atoms. The van der Waals surface area contributed by atoms with Crippen molar-refractivity contribution >= 4 is 21.7 Å². The van der Waals surface area contributed by atoms with Gasteiger partial charge in [-0.25, -0.2) is 9.97 Å². The van der Waals surface area contributed by atoms with Gasteiger partial charge >= 0.3 is 0 Å². The van der Waals surface area contributed by atoms with Gasteiger partial charge in [0.25, 0.3) is 0 Å². The van der Waals surface area contributed by atoms with Crippen molar-refractivity contribution in [2.45, 2.75) is 46.0 Å². The van der Waals surface area contributed by atoms with Gasteiger partial charge in [-0.2, -0.15) is 0 Å². The van der Waals surface area contributed by atoms with E-state index in [0.29, 0.717) is 5.92 Å². The average molecular weight is 234 g/mol. The standard InChI is InChI=1S/C13H18N2S/c1-8(2)10-6-9(13(3,4)5)11-12(15-10)16-7-14-11/h6-8H,1-5H3. The van der Waals surface area contributed by atoms with Gasteiger partial charge in [0, 0.05) is 5.69 Å². The zero-order chi connectivity index (χ0) is 11.9. The fraction of sp³-hybridized carbons (Fsp3) is 0.538. The Balaban J connectivity index is 2.74. The third-order valence-electron chi connectivity index (χ3n) is 2.73. The van der Waals surface area contributed by atoms with Crippen molar-refractivity contribution in [2.75, 3.05) is 0 Å². The van der Waals surface area contributed by atoms with Gasteiger partial charge in [0.05, 0.1) is 5.51 Å². The van der Waals surface area contributed by atoms with Gasteiger partial charge in [0.15, 0.2) is 0 Å². The van der Waals surface area contributed by atoms with Crippen molar-refractivity contribution < 1.29 is 0 Å². The van der Waals surface area contributed by atoms with Gasteiger partial charge in [-0.1, -0.05) is 34.6 Å². The summed E-state index contributed by atoms with van der Waals surface area (Å²) in [4.78, 5) is 10.2. The minimum atomic E-state index is 0.124. The fourth-order valence-corrected chi connectivity index (χ4v) is 2.43. The maximum absolute atomic E-state index is 4.66. The summed E-state index contributed by atoms with van der Waals surface area (Å²) in [5, 5.41) is 0. The van der Waals surface area contributed by atoms with Crippen LogP contribution in [-0.4, -0.2) is 9.97 Å². The van der Waals surface area contributed by atoms with Crippen LogP contribution in [0.2, 0.25) is 0 Å². The number of hydrogen-bond acceptors (Lipinski definition) is 3. The fourth-order valence-electron chi connectivity index (χ4n) is 1.74. The Morgan fingerprint density at radius 1 is 1.25 bits per heavy atom. The van der Waals surface area contributed by atoms with Crippen molar-refractivity contribution in [2.24, 2.45) is 0 Å². The van der Waals surface area contributed by atoms with E-state index in [4.69, 9.17) is 0 Å². The topological polar surface area (TPSA) is 25.8 Å². The first kappa shape index (κ1) is 11.5. The Morgan fingerprint density at radius 3 is 2.50 bits per heavy atom. The first-order valence-corrected chi connectivity index (χ1v) is 6.52. The molecule has 0 aromatic carbocycles. The Morgan fingerprint density at radius 2 is 1.94 bits per heavy atom. The summed E-state index contributed by atoms with van der Waals surface area (Å²) in [6, 6.07) is 2.22. The molecule has 86 valence electrons. The summed E-state index contributed by atoms with van der Waals surface area (Å²) in [6.45, 7) is 11.0. The minimum absolute atomic E-state index is 0.124. The summed E-state index contributed by atoms with van der Waals surface area (Å²) in [7, 11) is 0. The van der Waals surface area contributed by atoms with E-state index in [-0.39, 0.29) is 5.41 Å². The predicted octanol–water partition coefficient (Wildman–Crippen LogP) is 4.11. The molecule has 16 heavy (non-hydrogen) atoms. The molecule has 0 saturated carbocycles. The monoisotopic (exact) mass is 234 g/mol. The normalized spacial score (nSPS) is 12.6. The van der Waals surface area contributed by atoms with Crippen molar-refractivity contribution in [3.05, 3.63) is 22.8 Å². The predicted molar refractivity (Wildman–Crippen MR) is 70.2 cm³/mol. The zero-order valence-electron chi connectivity index (χ0n) is 10.5. The summed E-state index contributed by atoms with van der Waals surface area (Å²) >= 11 is 1.63. The molecule has 2 rings (SSSR count). The van der Waals surface area contributed by atoms with E-state index in [9.17, 15) is 0 Å². The Bertz CT molecular complexity index is 506. The third-order valence-corrected chi connectivity index (χ3v) is 3.44. The first-order chi connectivity index (χ1) is 7.39. The number of nitrogens with zero attached hydrogens (tertiary/aromatic N) is 2. The van der Waals surface area contributed by atoms with Crippen LogP contribution in [0.25, 0.3) is 10.3 Å². The van der Waals surface area contributed by atoms with Crippen LogP contribution < -0.4 is 0 Å². The smallest absolute Gasteiger partial charge is 0.143 e. The second-order valence-corrected chi connectivity index (χ2v) is 6.34. The molecule has 0 atom stereocenters. The molecule has 0 radical (unpaired) electrons. The van der Waals surface area contributed by atoms with Crippen LogP contribution in [0.5, 0.6) is 0 Å². The molecule has 0 N–H and O–H groups in total. The highest BCUT2D eigenvalue weighted by Gasteiger charge is 2.20. The molecule has 3 heteroatoms. The average Bonchev–Trinajstić information content (AvgIpc) is 2.61. The summed E-state index contributed by atoms with van der Waals surface area (Å²) in [6.07, 6.45) is 0. The number of hydrogen-bond donors (Lipinski definition) is 0. The molecular weight excluding hydrogens is 216 g/mol. The molecule has 2 aromatic heterocycles. The van der Waals surface area contributed by atoms with Crippen LogP contribution in [0, 0.1) is 0 Å². The van der Waals surface area contributed by atoms with Gasteiger partial charge in [-0.05, 0) is 23.0 Å². The molecule has 2 aromatic rings. The van der Waals surface area contributed by atoms with Crippen LogP contribution in [0.3, 0.4) is 0 Å². The van der Waals surface area contributed by atoms with Crippen LogP contribution in [0.4, 0.5) is 0 Å². The number of thiazole rings is 1. The third kappa shape index (κ3) is 1.96. The lowest BCUT2D eigenvalue weighted by Crippen LogP contribution is -2.13. The molecule has 2 heterocycles. The van der Waals surface area contributed by atoms with Crippen molar-refractivity contribution in [1.82, 2.24) is 9.97 Å². The summed E-state index contributed by atoms with van der Waals surface area (Å²) in [5.41, 5.74) is 5.56. The summed E-state index contributed by atoms with van der Waals surface area (Å²) in [5.74, 6) is 0.465. The largest absolute Gasteiger partial charge is 0.243 e. The molecule has 0 bridgehead atoms. The summed E-state index contributed by atoms with van der Waals surface area (Å²) < 4.78 is 0. The van der Waals surface area contributed by atoms with E-state index in [1.807, 2.05) is 5.51 Å². The van der Waals surface area contributed by atoms with Gasteiger partial charge in [0.1, 0.15) is 10.3 Å². The highest BCUT2D eigenvalue weighted by Crippen LogP contribution is 2.32. The van der Waals surface area contributed by atoms with Crippen LogP contribution in [0.1, 0.15) is 51.8 Å². The van der Waals surface area contributed by atoms with Crippen LogP contribution >= 0.6 is 11.3 Å². The molecule has 0 aliphatic rings. The molecule has 0 fully saturated rings. The second-order valence-electron chi connectivity index (χ2n) is 5.51. The van der Waals surface area contributed by atoms with Gasteiger partial charge in [-0.15, -0.1) is 11.3 Å². The van der Waals surface area contributed by atoms with E-state index >= 15 is 0 Å². The lowest BCUT2D eigenvalue weighted by Gasteiger charge is -2.20. The van der Waals surface area contributed by atoms with E-state index in [2.05, 4.69) is 50.7 Å². The molecule has 0 aliphatic carbocycles. The lowest BCUT2D eigenvalue weighted by atomic mass is 9.86. The van der Waals surface area contributed by atoms with Crippen molar-refractivity contribution in [1.29, 1.82) is 0 Å². The SMILES string of the molecule is CC(C)c1cc(C(C)(C)C)c2ncsc2n1. The van der Waals surface area contributed by atoms with Gasteiger partial charge < -0.3 is 0 Å². The van der Waals surface area contributed by atoms with E-state index in [1.165, 1.54) is 11.3 Å². The van der Waals surface area contributed by atoms with E-state index in [1.54, 1.807) is 11.3 Å². The quantitative estimate of drug-likeness (QED) is 0.742. The second kappa shape index (κ2) is 3.81. The Labute approximate surface area is 101 Å². The van der Waals surface area contributed by atoms with E-state index in [0.717, 1.165) is 10.3 Å². The maximum Gasteiger partial charge on any atom is 0.143 e. The highest BCUT2D eigenvalue weighted by molar-refractivity contribution is 7.16. The Kier molecular flexibility index (Phi) is 2.74. The van der Waals surface area contributed by atoms with E-state index < -0.39 is 0 Å². The number of pyridine rings is 1. The number of rotatable bonds is 1. The first-order valence-electron chi connectivity index (χ1n) is 5.64. The maximum atomic E-state index is 4.66. The lowest BCUT2D eigenvalue weighted by molar-refractivity contribution is 0.592. The number of fused-ring (bicyclic) bond motifs is 1. The van der Waals surface area contributed by atoms with Gasteiger partial charge in [0.2, 0.25) is 0 Å². The minimum Gasteiger partial charge on any atom is -0.243 e. The molecule has 2 nitrogen and oxygen atoms in total. The van der Waals surface area contributed by atoms with Crippen LogP contribution in [0.15, 0.2) is 11.6 Å². The van der Waals surface area contributed by atoms with Gasteiger partial charge in [-0.3, -0.25) is 0 Å². The molecule has 0 amide bonds. The van der Waals surface area contributed by atoms with Crippen molar-refractivity contribution in [3.8, 4) is 0 Å². The number of aromatic nitrogens is 2. The highest BCUT2D eigenvalue weighted by atomic mass is 32.1. The molecule has 0 unspecified atom stereocenters.